The van der Waals surface area contributed by atoms with Crippen molar-refractivity contribution in [3.05, 3.63) is 0 Å². The Hall–Kier alpha value is -0.300. The van der Waals surface area contributed by atoms with Gasteiger partial charge in [-0.05, 0) is 12.3 Å². The van der Waals surface area contributed by atoms with Crippen LogP contribution < -0.4 is 0 Å². The minimum atomic E-state index is -0.461. The number of aliphatic hydroxyl groups is 1. The monoisotopic (exact) mass is 202 g/mol. The predicted octanol–water partition coefficient (Wildman–Crippen LogP) is 0.820. The Labute approximate surface area is 83.9 Å². The standard InChI is InChI=1S/C9H15ClN2O/c1-7-2-9(13)6-12(4-7)5-8(10)3-11/h7-9,13H,2,4-6H2,1H3/t7-,8?,9+/m1/s1. The molecule has 13 heavy (non-hydrogen) atoms. The number of nitriles is 1. The van der Waals surface area contributed by atoms with Gasteiger partial charge in [-0.25, -0.2) is 0 Å². The van der Waals surface area contributed by atoms with Crippen molar-refractivity contribution in [1.82, 2.24) is 4.90 Å². The van der Waals surface area contributed by atoms with E-state index >= 15 is 0 Å². The largest absolute Gasteiger partial charge is 0.392 e. The summed E-state index contributed by atoms with van der Waals surface area (Å²) in [5.74, 6) is 0.492. The molecular weight excluding hydrogens is 188 g/mol. The Morgan fingerprint density at radius 2 is 2.38 bits per heavy atom. The van der Waals surface area contributed by atoms with Crippen LogP contribution in [0.3, 0.4) is 0 Å². The van der Waals surface area contributed by atoms with E-state index in [9.17, 15) is 5.11 Å². The van der Waals surface area contributed by atoms with Crippen molar-refractivity contribution in [2.45, 2.75) is 24.8 Å². The summed E-state index contributed by atoms with van der Waals surface area (Å²) in [6.07, 6.45) is 0.599. The van der Waals surface area contributed by atoms with Gasteiger partial charge in [-0.1, -0.05) is 6.92 Å². The number of β-amino-alcohol motifs (C(OH)–C–C–N with tert-alkyl or cyclic N) is 1. The van der Waals surface area contributed by atoms with Crippen LogP contribution >= 0.6 is 11.6 Å². The highest BCUT2D eigenvalue weighted by atomic mass is 35.5. The summed E-state index contributed by atoms with van der Waals surface area (Å²) < 4.78 is 0. The molecule has 1 N–H and O–H groups in total. The van der Waals surface area contributed by atoms with Crippen LogP contribution in [0.4, 0.5) is 0 Å². The van der Waals surface area contributed by atoms with Gasteiger partial charge in [0.15, 0.2) is 0 Å². The Morgan fingerprint density at radius 1 is 1.69 bits per heavy atom. The molecule has 1 saturated heterocycles. The van der Waals surface area contributed by atoms with E-state index in [-0.39, 0.29) is 6.10 Å². The fraction of sp³-hybridized carbons (Fsp3) is 0.889. The number of aliphatic hydroxyl groups excluding tert-OH is 1. The third kappa shape index (κ3) is 3.51. The van der Waals surface area contributed by atoms with Gasteiger partial charge in [-0.2, -0.15) is 5.26 Å². The van der Waals surface area contributed by atoms with Gasteiger partial charge in [0.05, 0.1) is 12.2 Å². The Bertz CT molecular complexity index is 194. The first-order chi connectivity index (χ1) is 6.11. The topological polar surface area (TPSA) is 47.3 Å². The molecule has 1 unspecified atom stereocenters. The number of nitrogens with zero attached hydrogens (tertiary/aromatic N) is 2. The molecule has 74 valence electrons. The molecule has 0 aromatic heterocycles. The van der Waals surface area contributed by atoms with E-state index in [0.717, 1.165) is 13.0 Å². The molecule has 0 saturated carbocycles. The van der Waals surface area contributed by atoms with Crippen LogP contribution in [-0.2, 0) is 0 Å². The Kier molecular flexibility index (Phi) is 3.98. The second kappa shape index (κ2) is 4.80. The lowest BCUT2D eigenvalue weighted by atomic mass is 9.98. The maximum absolute atomic E-state index is 9.47. The second-order valence-corrected chi connectivity index (χ2v) is 4.34. The first-order valence-electron chi connectivity index (χ1n) is 4.56. The van der Waals surface area contributed by atoms with Crippen molar-refractivity contribution < 1.29 is 5.11 Å². The summed E-state index contributed by atoms with van der Waals surface area (Å²) in [5.41, 5.74) is 0. The van der Waals surface area contributed by atoms with Gasteiger partial charge in [0.2, 0.25) is 0 Å². The molecule has 1 aliphatic rings. The van der Waals surface area contributed by atoms with Gasteiger partial charge in [-0.3, -0.25) is 4.90 Å². The lowest BCUT2D eigenvalue weighted by Crippen LogP contribution is -2.44. The van der Waals surface area contributed by atoms with Crippen molar-refractivity contribution in [2.24, 2.45) is 5.92 Å². The molecule has 3 atom stereocenters. The highest BCUT2D eigenvalue weighted by Crippen LogP contribution is 2.16. The van der Waals surface area contributed by atoms with Crippen LogP contribution in [-0.4, -0.2) is 41.1 Å². The summed E-state index contributed by atoms with van der Waals surface area (Å²) in [4.78, 5) is 2.06. The molecule has 1 heterocycles. The SMILES string of the molecule is C[C@@H]1C[C@H](O)CN(CC(Cl)C#N)C1. The van der Waals surface area contributed by atoms with E-state index in [4.69, 9.17) is 16.9 Å². The van der Waals surface area contributed by atoms with Gasteiger partial charge in [0.25, 0.3) is 0 Å². The zero-order valence-electron chi connectivity index (χ0n) is 7.78. The van der Waals surface area contributed by atoms with Crippen LogP contribution in [0.2, 0.25) is 0 Å². The van der Waals surface area contributed by atoms with Crippen molar-refractivity contribution in [1.29, 1.82) is 5.26 Å². The maximum Gasteiger partial charge on any atom is 0.133 e. The van der Waals surface area contributed by atoms with Crippen LogP contribution in [0.15, 0.2) is 0 Å². The van der Waals surface area contributed by atoms with E-state index in [1.165, 1.54) is 0 Å². The average molecular weight is 203 g/mol. The van der Waals surface area contributed by atoms with Gasteiger partial charge in [0.1, 0.15) is 5.38 Å². The average Bonchev–Trinajstić information content (AvgIpc) is 2.02. The maximum atomic E-state index is 9.47. The van der Waals surface area contributed by atoms with Crippen LogP contribution in [0.1, 0.15) is 13.3 Å². The third-order valence-corrected chi connectivity index (χ3v) is 2.51. The van der Waals surface area contributed by atoms with Crippen LogP contribution in [0, 0.1) is 17.2 Å². The lowest BCUT2D eigenvalue weighted by molar-refractivity contribution is 0.0463. The van der Waals surface area contributed by atoms with Gasteiger partial charge in [-0.15, -0.1) is 11.6 Å². The highest BCUT2D eigenvalue weighted by Gasteiger charge is 2.24. The van der Waals surface area contributed by atoms with Crippen LogP contribution in [0.5, 0.6) is 0 Å². The number of hydrogen-bond acceptors (Lipinski definition) is 3. The second-order valence-electron chi connectivity index (χ2n) is 3.81. The molecular formula is C9H15ClN2O. The summed E-state index contributed by atoms with van der Waals surface area (Å²) in [5, 5.41) is 17.5. The molecule has 0 amide bonds. The molecule has 0 aliphatic carbocycles. The minimum absolute atomic E-state index is 0.258. The van der Waals surface area contributed by atoms with E-state index in [1.54, 1.807) is 0 Å². The zero-order valence-corrected chi connectivity index (χ0v) is 8.54. The van der Waals surface area contributed by atoms with Gasteiger partial charge in [0, 0.05) is 19.6 Å². The molecule has 0 spiro atoms. The molecule has 0 aromatic carbocycles. The van der Waals surface area contributed by atoms with E-state index < -0.39 is 5.38 Å². The number of piperidine rings is 1. The molecule has 1 rings (SSSR count). The summed E-state index contributed by atoms with van der Waals surface area (Å²) >= 11 is 5.71. The first-order valence-corrected chi connectivity index (χ1v) is 4.99. The number of halogens is 1. The van der Waals surface area contributed by atoms with Crippen molar-refractivity contribution in [3.63, 3.8) is 0 Å². The van der Waals surface area contributed by atoms with Crippen LogP contribution in [0.25, 0.3) is 0 Å². The Balaban J connectivity index is 2.38. The van der Waals surface area contributed by atoms with Gasteiger partial charge >= 0.3 is 0 Å². The number of rotatable bonds is 2. The minimum Gasteiger partial charge on any atom is -0.392 e. The number of hydrogen-bond donors (Lipinski definition) is 1. The van der Waals surface area contributed by atoms with E-state index in [0.29, 0.717) is 19.0 Å². The number of alkyl halides is 1. The molecule has 0 bridgehead atoms. The van der Waals surface area contributed by atoms with Crippen molar-refractivity contribution in [3.8, 4) is 6.07 Å². The molecule has 1 fully saturated rings. The molecule has 4 heteroatoms. The zero-order chi connectivity index (χ0) is 9.84. The molecule has 0 radical (unpaired) electrons. The highest BCUT2D eigenvalue weighted by molar-refractivity contribution is 6.22. The first kappa shape index (κ1) is 10.8. The normalized spacial score (nSPS) is 32.5. The van der Waals surface area contributed by atoms with Gasteiger partial charge < -0.3 is 5.11 Å². The van der Waals surface area contributed by atoms with E-state index in [1.807, 2.05) is 6.07 Å². The predicted molar refractivity (Wildman–Crippen MR) is 51.5 cm³/mol. The molecule has 0 aromatic rings. The lowest BCUT2D eigenvalue weighted by Gasteiger charge is -2.34. The fourth-order valence-electron chi connectivity index (χ4n) is 1.84. The molecule has 3 nitrogen and oxygen atoms in total. The van der Waals surface area contributed by atoms with Crippen molar-refractivity contribution in [2.75, 3.05) is 19.6 Å². The fourth-order valence-corrected chi connectivity index (χ4v) is 2.04. The summed E-state index contributed by atoms with van der Waals surface area (Å²) in [7, 11) is 0. The van der Waals surface area contributed by atoms with E-state index in [2.05, 4.69) is 11.8 Å². The summed E-state index contributed by atoms with van der Waals surface area (Å²) in [6.45, 7) is 4.24. The molecule has 1 aliphatic heterocycles. The smallest absolute Gasteiger partial charge is 0.133 e. The number of likely N-dealkylation sites (tertiary alicyclic amines) is 1. The van der Waals surface area contributed by atoms with Crippen molar-refractivity contribution >= 4 is 11.6 Å². The summed E-state index contributed by atoms with van der Waals surface area (Å²) in [6, 6.07) is 1.98. The third-order valence-electron chi connectivity index (χ3n) is 2.27. The Morgan fingerprint density at radius 3 is 2.92 bits per heavy atom. The quantitative estimate of drug-likeness (QED) is 0.675.